The van der Waals surface area contributed by atoms with Gasteiger partial charge in [-0.15, -0.1) is 0 Å². The minimum atomic E-state index is 0.0827. The van der Waals surface area contributed by atoms with Crippen molar-refractivity contribution >= 4 is 0 Å². The van der Waals surface area contributed by atoms with Crippen molar-refractivity contribution in [1.82, 2.24) is 4.90 Å². The van der Waals surface area contributed by atoms with E-state index >= 15 is 0 Å². The van der Waals surface area contributed by atoms with E-state index in [2.05, 4.69) is 4.90 Å². The Hall–Kier alpha value is -0.120. The highest BCUT2D eigenvalue weighted by Gasteiger charge is 2.38. The van der Waals surface area contributed by atoms with Crippen LogP contribution >= 0.6 is 0 Å². The first-order valence-electron chi connectivity index (χ1n) is 5.84. The molecule has 2 aliphatic rings. The molecule has 0 bridgehead atoms. The maximum Gasteiger partial charge on any atom is 0.0601 e. The molecule has 2 unspecified atom stereocenters. The predicted octanol–water partition coefficient (Wildman–Crippen LogP) is 0.569. The molecule has 0 aromatic heterocycles. The number of nitrogens with two attached hydrogens (primary N) is 1. The van der Waals surface area contributed by atoms with Gasteiger partial charge in [0.05, 0.1) is 6.61 Å². The summed E-state index contributed by atoms with van der Waals surface area (Å²) in [6, 6.07) is 0.987. The number of rotatable bonds is 6. The molecule has 2 fully saturated rings. The van der Waals surface area contributed by atoms with Crippen molar-refractivity contribution in [1.29, 1.82) is 0 Å². The summed E-state index contributed by atoms with van der Waals surface area (Å²) in [5.41, 5.74) is 5.91. The van der Waals surface area contributed by atoms with Gasteiger partial charge in [-0.2, -0.15) is 0 Å². The van der Waals surface area contributed by atoms with Crippen LogP contribution < -0.4 is 5.73 Å². The number of aliphatic hydroxyl groups is 1. The Kier molecular flexibility index (Phi) is 3.10. The molecule has 0 heterocycles. The Morgan fingerprint density at radius 1 is 1.36 bits per heavy atom. The lowest BCUT2D eigenvalue weighted by Gasteiger charge is -2.33. The molecule has 2 atom stereocenters. The van der Waals surface area contributed by atoms with E-state index in [9.17, 15) is 5.11 Å². The molecular weight excluding hydrogens is 176 g/mol. The van der Waals surface area contributed by atoms with Gasteiger partial charge in [0.2, 0.25) is 0 Å². The van der Waals surface area contributed by atoms with Gasteiger partial charge < -0.3 is 10.8 Å². The third-order valence-electron chi connectivity index (χ3n) is 3.40. The molecule has 2 saturated carbocycles. The molecule has 3 nitrogen and oxygen atoms in total. The maximum atomic E-state index is 9.36. The van der Waals surface area contributed by atoms with Gasteiger partial charge in [0.25, 0.3) is 0 Å². The first-order chi connectivity index (χ1) is 6.72. The van der Waals surface area contributed by atoms with Crippen LogP contribution in [0.15, 0.2) is 0 Å². The van der Waals surface area contributed by atoms with Crippen molar-refractivity contribution in [2.45, 2.75) is 50.7 Å². The molecule has 82 valence electrons. The van der Waals surface area contributed by atoms with Crippen LogP contribution in [0.5, 0.6) is 0 Å². The quantitative estimate of drug-likeness (QED) is 0.656. The largest absolute Gasteiger partial charge is 0.395 e. The van der Waals surface area contributed by atoms with E-state index < -0.39 is 0 Å². The minimum absolute atomic E-state index is 0.0827. The zero-order chi connectivity index (χ0) is 10.1. The Labute approximate surface area is 86.3 Å². The Morgan fingerprint density at radius 2 is 2.00 bits per heavy atom. The third kappa shape index (κ3) is 2.47. The van der Waals surface area contributed by atoms with Gasteiger partial charge in [-0.25, -0.2) is 0 Å². The number of aliphatic hydroxyl groups excluding tert-OH is 1. The fraction of sp³-hybridized carbons (Fsp3) is 1.00. The van der Waals surface area contributed by atoms with Crippen molar-refractivity contribution in [2.24, 2.45) is 11.7 Å². The molecule has 0 amide bonds. The summed E-state index contributed by atoms with van der Waals surface area (Å²) in [6.07, 6.45) is 5.35. The smallest absolute Gasteiger partial charge is 0.0601 e. The van der Waals surface area contributed by atoms with Crippen LogP contribution in [-0.2, 0) is 0 Å². The summed E-state index contributed by atoms with van der Waals surface area (Å²) in [4.78, 5) is 2.46. The van der Waals surface area contributed by atoms with Crippen molar-refractivity contribution in [2.75, 3.05) is 13.2 Å². The van der Waals surface area contributed by atoms with Gasteiger partial charge in [0.1, 0.15) is 0 Å². The third-order valence-corrected chi connectivity index (χ3v) is 3.40. The SMILES string of the molecule is CC(N)C(CO)N(CC1CC1)C1CC1. The summed E-state index contributed by atoms with van der Waals surface area (Å²) in [7, 11) is 0. The monoisotopic (exact) mass is 198 g/mol. The first-order valence-corrected chi connectivity index (χ1v) is 5.84. The second-order valence-electron chi connectivity index (χ2n) is 4.98. The van der Waals surface area contributed by atoms with E-state index in [1.807, 2.05) is 6.92 Å². The van der Waals surface area contributed by atoms with E-state index in [1.165, 1.54) is 25.7 Å². The van der Waals surface area contributed by atoms with E-state index in [0.717, 1.165) is 18.5 Å². The zero-order valence-corrected chi connectivity index (χ0v) is 9.02. The van der Waals surface area contributed by atoms with Crippen molar-refractivity contribution in [3.05, 3.63) is 0 Å². The van der Waals surface area contributed by atoms with Gasteiger partial charge in [-0.3, -0.25) is 4.90 Å². The van der Waals surface area contributed by atoms with Gasteiger partial charge in [-0.1, -0.05) is 0 Å². The molecule has 3 heteroatoms. The Morgan fingerprint density at radius 3 is 2.36 bits per heavy atom. The topological polar surface area (TPSA) is 49.5 Å². The van der Waals surface area contributed by atoms with Crippen LogP contribution in [0.3, 0.4) is 0 Å². The van der Waals surface area contributed by atoms with Gasteiger partial charge in [0.15, 0.2) is 0 Å². The second kappa shape index (κ2) is 4.17. The van der Waals surface area contributed by atoms with Gasteiger partial charge in [-0.05, 0) is 38.5 Å². The second-order valence-corrected chi connectivity index (χ2v) is 4.98. The summed E-state index contributed by atoms with van der Waals surface area (Å²) >= 11 is 0. The average molecular weight is 198 g/mol. The summed E-state index contributed by atoms with van der Waals surface area (Å²) in [6.45, 7) is 3.38. The molecule has 0 radical (unpaired) electrons. The number of hydrogen-bond donors (Lipinski definition) is 2. The highest BCUT2D eigenvalue weighted by atomic mass is 16.3. The lowest BCUT2D eigenvalue weighted by Crippen LogP contribution is -2.50. The van der Waals surface area contributed by atoms with Crippen LogP contribution in [-0.4, -0.2) is 41.3 Å². The molecular formula is C11H22N2O. The minimum Gasteiger partial charge on any atom is -0.395 e. The highest BCUT2D eigenvalue weighted by molar-refractivity contribution is 4.94. The van der Waals surface area contributed by atoms with Crippen LogP contribution in [0.2, 0.25) is 0 Å². The molecule has 0 spiro atoms. The summed E-state index contributed by atoms with van der Waals surface area (Å²) in [5.74, 6) is 0.892. The van der Waals surface area contributed by atoms with E-state index in [-0.39, 0.29) is 18.7 Å². The number of hydrogen-bond acceptors (Lipinski definition) is 3. The molecule has 0 aromatic rings. The Balaban J connectivity index is 1.91. The summed E-state index contributed by atoms with van der Waals surface area (Å²) in [5, 5.41) is 9.36. The molecule has 0 saturated heterocycles. The van der Waals surface area contributed by atoms with Crippen LogP contribution in [0.1, 0.15) is 32.6 Å². The van der Waals surface area contributed by atoms with E-state index in [4.69, 9.17) is 5.73 Å². The predicted molar refractivity (Wildman–Crippen MR) is 57.0 cm³/mol. The lowest BCUT2D eigenvalue weighted by molar-refractivity contribution is 0.0965. The normalized spacial score (nSPS) is 26.6. The molecule has 0 aliphatic heterocycles. The van der Waals surface area contributed by atoms with Gasteiger partial charge in [0, 0.05) is 24.7 Å². The molecule has 14 heavy (non-hydrogen) atoms. The number of nitrogens with zero attached hydrogens (tertiary/aromatic N) is 1. The zero-order valence-electron chi connectivity index (χ0n) is 9.02. The van der Waals surface area contributed by atoms with Crippen LogP contribution in [0.4, 0.5) is 0 Å². The van der Waals surface area contributed by atoms with Crippen LogP contribution in [0, 0.1) is 5.92 Å². The van der Waals surface area contributed by atoms with Crippen molar-refractivity contribution < 1.29 is 5.11 Å². The average Bonchev–Trinajstić information content (AvgIpc) is 3.00. The molecule has 3 N–H and O–H groups in total. The first kappa shape index (κ1) is 10.4. The van der Waals surface area contributed by atoms with Crippen LogP contribution in [0.25, 0.3) is 0 Å². The van der Waals surface area contributed by atoms with E-state index in [1.54, 1.807) is 0 Å². The maximum absolute atomic E-state index is 9.36. The molecule has 0 aromatic carbocycles. The fourth-order valence-corrected chi connectivity index (χ4v) is 2.13. The standard InChI is InChI=1S/C11H22N2O/c1-8(12)11(7-14)13(10-4-5-10)6-9-2-3-9/h8-11,14H,2-7,12H2,1H3. The van der Waals surface area contributed by atoms with E-state index in [0.29, 0.717) is 0 Å². The molecule has 2 aliphatic carbocycles. The fourth-order valence-electron chi connectivity index (χ4n) is 2.13. The summed E-state index contributed by atoms with van der Waals surface area (Å²) < 4.78 is 0. The molecule has 2 rings (SSSR count). The van der Waals surface area contributed by atoms with Gasteiger partial charge >= 0.3 is 0 Å². The van der Waals surface area contributed by atoms with Crippen molar-refractivity contribution in [3.8, 4) is 0 Å². The highest BCUT2D eigenvalue weighted by Crippen LogP contribution is 2.36. The Bertz CT molecular complexity index is 188. The van der Waals surface area contributed by atoms with Crippen molar-refractivity contribution in [3.63, 3.8) is 0 Å². The lowest BCUT2D eigenvalue weighted by atomic mass is 10.1.